The van der Waals surface area contributed by atoms with E-state index in [0.717, 1.165) is 48.4 Å². The van der Waals surface area contributed by atoms with E-state index in [1.807, 2.05) is 25.5 Å². The van der Waals surface area contributed by atoms with E-state index in [9.17, 15) is 0 Å². The molecule has 30 heavy (non-hydrogen) atoms. The molecule has 0 radical (unpaired) electrons. The van der Waals surface area contributed by atoms with Gasteiger partial charge in [0, 0.05) is 18.5 Å². The first-order chi connectivity index (χ1) is 14.1. The summed E-state index contributed by atoms with van der Waals surface area (Å²) in [7, 11) is 3.66. The molecule has 1 aromatic carbocycles. The summed E-state index contributed by atoms with van der Waals surface area (Å²) in [5.41, 5.74) is 2.37. The molecule has 0 bridgehead atoms. The average Bonchev–Trinajstić information content (AvgIpc) is 3.35. The maximum Gasteiger partial charge on any atom is 0.192 e. The van der Waals surface area contributed by atoms with E-state index < -0.39 is 0 Å². The van der Waals surface area contributed by atoms with Crippen molar-refractivity contribution in [2.24, 2.45) is 12.0 Å². The number of aliphatic imine (C=N–C) groups is 1. The quantitative estimate of drug-likeness (QED) is 0.260. The number of aromatic nitrogens is 3. The minimum Gasteiger partial charge on any atom is -0.496 e. The molecule has 2 N–H and O–H groups in total. The summed E-state index contributed by atoms with van der Waals surface area (Å²) in [6.07, 6.45) is 0.874. The standard InChI is InChI=1S/C21H28N6OS.HI/c1-15-7-8-17(12-19(15)28-4)9-10-22-21(23-13-18-6-5-11-29-18)24-14-20-26-25-16(2)27(20)3;/h5-8,11-12H,9-10,13-14H2,1-4H3,(H2,22,23,24);1H. The largest absolute Gasteiger partial charge is 0.496 e. The van der Waals surface area contributed by atoms with Crippen LogP contribution in [0.4, 0.5) is 0 Å². The molecule has 7 nitrogen and oxygen atoms in total. The van der Waals surface area contributed by atoms with Crippen LogP contribution in [0.1, 0.15) is 27.7 Å². The van der Waals surface area contributed by atoms with E-state index in [-0.39, 0.29) is 24.0 Å². The molecule has 2 aromatic heterocycles. The summed E-state index contributed by atoms with van der Waals surface area (Å²) < 4.78 is 7.38. The second kappa shape index (κ2) is 11.9. The highest BCUT2D eigenvalue weighted by atomic mass is 127. The Balaban J connectivity index is 0.00000320. The minimum absolute atomic E-state index is 0. The molecule has 0 atom stereocenters. The summed E-state index contributed by atoms with van der Waals surface area (Å²) in [4.78, 5) is 5.96. The number of nitrogens with one attached hydrogen (secondary N) is 2. The lowest BCUT2D eigenvalue weighted by Gasteiger charge is -2.13. The van der Waals surface area contributed by atoms with Crippen molar-refractivity contribution in [1.82, 2.24) is 25.4 Å². The van der Waals surface area contributed by atoms with Crippen LogP contribution in [0, 0.1) is 13.8 Å². The van der Waals surface area contributed by atoms with Gasteiger partial charge in [-0.25, -0.2) is 4.99 Å². The number of benzene rings is 1. The smallest absolute Gasteiger partial charge is 0.192 e. The lowest BCUT2D eigenvalue weighted by molar-refractivity contribution is 0.411. The van der Waals surface area contributed by atoms with Crippen molar-refractivity contribution in [2.75, 3.05) is 13.7 Å². The molecule has 2 heterocycles. The first kappa shape index (κ1) is 24.1. The molecule has 0 saturated heterocycles. The summed E-state index contributed by atoms with van der Waals surface area (Å²) >= 11 is 1.73. The molecule has 162 valence electrons. The van der Waals surface area contributed by atoms with Crippen molar-refractivity contribution in [2.45, 2.75) is 33.4 Å². The molecule has 3 aromatic rings. The highest BCUT2D eigenvalue weighted by molar-refractivity contribution is 14.0. The average molecular weight is 540 g/mol. The first-order valence-corrected chi connectivity index (χ1v) is 10.5. The Morgan fingerprint density at radius 3 is 2.70 bits per heavy atom. The van der Waals surface area contributed by atoms with Crippen molar-refractivity contribution in [3.63, 3.8) is 0 Å². The van der Waals surface area contributed by atoms with Gasteiger partial charge in [-0.05, 0) is 48.9 Å². The molecule has 0 spiro atoms. The zero-order valence-corrected chi connectivity index (χ0v) is 21.0. The minimum atomic E-state index is 0. The van der Waals surface area contributed by atoms with Gasteiger partial charge in [-0.2, -0.15) is 0 Å². The Hall–Kier alpha value is -2.14. The van der Waals surface area contributed by atoms with Gasteiger partial charge in [0.05, 0.1) is 13.7 Å². The molecule has 0 aliphatic rings. The predicted molar refractivity (Wildman–Crippen MR) is 133 cm³/mol. The van der Waals surface area contributed by atoms with Crippen LogP contribution in [0.3, 0.4) is 0 Å². The fourth-order valence-corrected chi connectivity index (χ4v) is 3.49. The van der Waals surface area contributed by atoms with Gasteiger partial charge in [0.25, 0.3) is 0 Å². The van der Waals surface area contributed by atoms with Crippen molar-refractivity contribution in [1.29, 1.82) is 0 Å². The highest BCUT2D eigenvalue weighted by Gasteiger charge is 2.06. The lowest BCUT2D eigenvalue weighted by atomic mass is 10.1. The van der Waals surface area contributed by atoms with E-state index in [2.05, 4.69) is 56.5 Å². The molecular formula is C21H29IN6OS. The van der Waals surface area contributed by atoms with Gasteiger partial charge in [-0.15, -0.1) is 45.5 Å². The summed E-state index contributed by atoms with van der Waals surface area (Å²) in [5, 5.41) is 17.2. The van der Waals surface area contributed by atoms with Crippen molar-refractivity contribution in [3.8, 4) is 5.75 Å². The number of thiophene rings is 1. The number of methoxy groups -OCH3 is 1. The molecule has 0 aliphatic carbocycles. The van der Waals surface area contributed by atoms with Crippen molar-refractivity contribution < 1.29 is 4.74 Å². The molecule has 9 heteroatoms. The lowest BCUT2D eigenvalue weighted by Crippen LogP contribution is -2.38. The third kappa shape index (κ3) is 6.69. The van der Waals surface area contributed by atoms with E-state index in [4.69, 9.17) is 9.73 Å². The number of hydrogen-bond acceptors (Lipinski definition) is 5. The van der Waals surface area contributed by atoms with Gasteiger partial charge < -0.3 is 19.9 Å². The monoisotopic (exact) mass is 540 g/mol. The molecule has 0 amide bonds. The van der Waals surface area contributed by atoms with Gasteiger partial charge in [-0.1, -0.05) is 18.2 Å². The van der Waals surface area contributed by atoms with E-state index in [0.29, 0.717) is 6.54 Å². The zero-order chi connectivity index (χ0) is 20.6. The van der Waals surface area contributed by atoms with E-state index in [1.165, 1.54) is 10.4 Å². The Morgan fingerprint density at radius 1 is 1.20 bits per heavy atom. The van der Waals surface area contributed by atoms with Crippen LogP contribution in [0.2, 0.25) is 0 Å². The zero-order valence-electron chi connectivity index (χ0n) is 17.8. The maximum atomic E-state index is 5.42. The van der Waals surface area contributed by atoms with Crippen molar-refractivity contribution >= 4 is 41.3 Å². The van der Waals surface area contributed by atoms with Crippen LogP contribution in [-0.2, 0) is 26.6 Å². The Kier molecular flexibility index (Phi) is 9.57. The van der Waals surface area contributed by atoms with Crippen LogP contribution < -0.4 is 15.4 Å². The van der Waals surface area contributed by atoms with Crippen LogP contribution in [-0.4, -0.2) is 34.4 Å². The van der Waals surface area contributed by atoms with Gasteiger partial charge in [0.1, 0.15) is 18.1 Å². The fourth-order valence-electron chi connectivity index (χ4n) is 2.84. The fraction of sp³-hybridized carbons (Fsp3) is 0.381. The number of halogens is 1. The number of aryl methyl sites for hydroxylation is 2. The molecule has 0 aliphatic heterocycles. The summed E-state index contributed by atoms with van der Waals surface area (Å²) in [5.74, 6) is 3.40. The predicted octanol–water partition coefficient (Wildman–Crippen LogP) is 3.60. The van der Waals surface area contributed by atoms with Gasteiger partial charge in [-0.3, -0.25) is 0 Å². The van der Waals surface area contributed by atoms with Gasteiger partial charge in [0.15, 0.2) is 11.8 Å². The number of hydrogen-bond donors (Lipinski definition) is 2. The van der Waals surface area contributed by atoms with Crippen LogP contribution in [0.5, 0.6) is 5.75 Å². The number of rotatable bonds is 8. The van der Waals surface area contributed by atoms with E-state index >= 15 is 0 Å². The summed E-state index contributed by atoms with van der Waals surface area (Å²) in [6.45, 7) is 5.95. The first-order valence-electron chi connectivity index (χ1n) is 9.59. The van der Waals surface area contributed by atoms with E-state index in [1.54, 1.807) is 18.4 Å². The Labute approximate surface area is 199 Å². The van der Waals surface area contributed by atoms with Crippen molar-refractivity contribution in [3.05, 3.63) is 63.4 Å². The molecule has 0 fully saturated rings. The number of ether oxygens (including phenoxy) is 1. The van der Waals surface area contributed by atoms with Crippen LogP contribution in [0.15, 0.2) is 40.7 Å². The number of guanidine groups is 1. The van der Waals surface area contributed by atoms with Crippen LogP contribution in [0.25, 0.3) is 0 Å². The highest BCUT2D eigenvalue weighted by Crippen LogP contribution is 2.19. The second-order valence-corrected chi connectivity index (χ2v) is 7.83. The van der Waals surface area contributed by atoms with Crippen LogP contribution >= 0.6 is 35.3 Å². The molecular weight excluding hydrogens is 511 g/mol. The topological polar surface area (TPSA) is 76.4 Å². The second-order valence-electron chi connectivity index (χ2n) is 6.80. The Bertz CT molecular complexity index is 955. The SMILES string of the molecule is COc1cc(CCNC(=NCc2nnc(C)n2C)NCc2cccs2)ccc1C.I. The third-order valence-corrected chi connectivity index (χ3v) is 5.63. The van der Waals surface area contributed by atoms with Gasteiger partial charge >= 0.3 is 0 Å². The molecule has 0 saturated carbocycles. The third-order valence-electron chi connectivity index (χ3n) is 4.75. The normalized spacial score (nSPS) is 11.1. The number of nitrogens with zero attached hydrogens (tertiary/aromatic N) is 4. The Morgan fingerprint density at radius 2 is 2.03 bits per heavy atom. The molecule has 0 unspecified atom stereocenters. The molecule has 3 rings (SSSR count). The maximum absolute atomic E-state index is 5.42. The summed E-state index contributed by atoms with van der Waals surface area (Å²) in [6, 6.07) is 10.5. The van der Waals surface area contributed by atoms with Gasteiger partial charge in [0.2, 0.25) is 0 Å².